The monoisotopic (exact) mass is 494 g/mol. The Morgan fingerprint density at radius 2 is 1.75 bits per heavy atom. The van der Waals surface area contributed by atoms with Gasteiger partial charge in [-0.2, -0.15) is 0 Å². The molecule has 2 aromatic carbocycles. The first-order valence-corrected chi connectivity index (χ1v) is 13.6. The molecule has 0 atom stereocenters. The van der Waals surface area contributed by atoms with Gasteiger partial charge in [0.1, 0.15) is 15.8 Å². The molecule has 0 amide bonds. The van der Waals surface area contributed by atoms with Crippen LogP contribution in [0.15, 0.2) is 49.9 Å². The van der Waals surface area contributed by atoms with Crippen molar-refractivity contribution in [3.63, 3.8) is 0 Å². The van der Waals surface area contributed by atoms with E-state index in [1.54, 1.807) is 20.8 Å². The summed E-state index contributed by atoms with van der Waals surface area (Å²) in [4.78, 5) is 4.06. The Bertz CT molecular complexity index is 1570. The summed E-state index contributed by atoms with van der Waals surface area (Å²) < 4.78 is 73.3. The van der Waals surface area contributed by atoms with Gasteiger partial charge in [-0.15, -0.1) is 11.3 Å². The van der Waals surface area contributed by atoms with Crippen LogP contribution in [-0.4, -0.2) is 28.1 Å². The first-order valence-electron chi connectivity index (χ1n) is 9.37. The topological polar surface area (TPSA) is 106 Å². The zero-order valence-electron chi connectivity index (χ0n) is 17.6. The van der Waals surface area contributed by atoms with Gasteiger partial charge in [0.15, 0.2) is 9.84 Å². The summed E-state index contributed by atoms with van der Waals surface area (Å²) in [7, 11) is -7.94. The Morgan fingerprint density at radius 1 is 1.03 bits per heavy atom. The van der Waals surface area contributed by atoms with Crippen LogP contribution in [0.3, 0.4) is 0 Å². The number of sulfone groups is 1. The van der Waals surface area contributed by atoms with E-state index in [0.717, 1.165) is 17.6 Å². The standard InChI is InChI=1S/C21H19FN2O5S3/c1-11-16-10-15(22)6-8-18(16)30-21(11)32(27,28)24-17-7-5-14(9-19(17)31(4,25)26)20-23-12(2)13(3)29-20/h5-10,24H,1-4H3. The molecule has 0 aliphatic carbocycles. The molecule has 0 aliphatic rings. The van der Waals surface area contributed by atoms with Gasteiger partial charge < -0.3 is 4.42 Å². The van der Waals surface area contributed by atoms with Gasteiger partial charge in [0.05, 0.1) is 16.3 Å². The molecule has 168 valence electrons. The molecule has 0 bridgehead atoms. The smallest absolute Gasteiger partial charge is 0.271 e. The Hall–Kier alpha value is -2.76. The zero-order valence-corrected chi connectivity index (χ0v) is 20.0. The molecule has 0 spiro atoms. The molecule has 0 radical (unpaired) electrons. The molecule has 4 rings (SSSR count). The lowest BCUT2D eigenvalue weighted by Crippen LogP contribution is -2.15. The molecule has 7 nitrogen and oxygen atoms in total. The van der Waals surface area contributed by atoms with Crippen LogP contribution in [0.4, 0.5) is 10.1 Å². The Morgan fingerprint density at radius 3 is 2.38 bits per heavy atom. The van der Waals surface area contributed by atoms with Crippen LogP contribution in [0.5, 0.6) is 0 Å². The summed E-state index contributed by atoms with van der Waals surface area (Å²) in [5.41, 5.74) is 1.36. The van der Waals surface area contributed by atoms with Gasteiger partial charge in [-0.25, -0.2) is 26.2 Å². The number of sulfonamides is 1. The maximum atomic E-state index is 13.6. The Kier molecular flexibility index (Phi) is 5.38. The minimum Gasteiger partial charge on any atom is -0.441 e. The van der Waals surface area contributed by atoms with Gasteiger partial charge in [0.2, 0.25) is 5.89 Å². The van der Waals surface area contributed by atoms with Crippen LogP contribution >= 0.6 is 11.3 Å². The number of aromatic nitrogens is 1. The average molecular weight is 495 g/mol. The molecule has 0 saturated heterocycles. The van der Waals surface area contributed by atoms with E-state index >= 15 is 0 Å². The molecule has 1 N–H and O–H groups in total. The van der Waals surface area contributed by atoms with Crippen molar-refractivity contribution in [1.82, 2.24) is 4.98 Å². The summed E-state index contributed by atoms with van der Waals surface area (Å²) >= 11 is 0.985. The second-order valence-electron chi connectivity index (χ2n) is 7.40. The molecule has 11 heteroatoms. The number of hydrogen-bond donors (Lipinski definition) is 1. The highest BCUT2D eigenvalue weighted by atomic mass is 32.2. The minimum atomic E-state index is -4.14. The van der Waals surface area contributed by atoms with Crippen molar-refractivity contribution < 1.29 is 25.6 Å². The first-order chi connectivity index (χ1) is 14.9. The molecule has 0 saturated carbocycles. The number of hydrogen-bond acceptors (Lipinski definition) is 7. The molecule has 32 heavy (non-hydrogen) atoms. The van der Waals surface area contributed by atoms with Crippen molar-refractivity contribution in [3.8, 4) is 11.5 Å². The Balaban J connectivity index is 1.80. The number of aryl methyl sites for hydroxylation is 3. The third-order valence-corrected chi connectivity index (χ3v) is 9.39. The lowest BCUT2D eigenvalue weighted by Gasteiger charge is -2.12. The normalized spacial score (nSPS) is 12.4. The van der Waals surface area contributed by atoms with E-state index in [1.807, 2.05) is 0 Å². The highest BCUT2D eigenvalue weighted by molar-refractivity contribution is 7.95. The fourth-order valence-electron chi connectivity index (χ4n) is 3.26. The number of fused-ring (bicyclic) bond motifs is 1. The van der Waals surface area contributed by atoms with Crippen LogP contribution in [0, 0.1) is 26.6 Å². The van der Waals surface area contributed by atoms with Crippen molar-refractivity contribution in [2.45, 2.75) is 29.9 Å². The molecular formula is C21H19FN2O5S3. The number of nitrogens with one attached hydrogen (secondary N) is 1. The number of oxazole rings is 1. The minimum absolute atomic E-state index is 0.0134. The molecule has 4 aromatic rings. The number of rotatable bonds is 5. The summed E-state index contributed by atoms with van der Waals surface area (Å²) in [6, 6.07) is 8.26. The van der Waals surface area contributed by atoms with E-state index in [1.165, 1.54) is 36.4 Å². The van der Waals surface area contributed by atoms with Crippen molar-refractivity contribution in [3.05, 3.63) is 59.2 Å². The third-order valence-electron chi connectivity index (χ3n) is 5.00. The molecule has 0 fully saturated rings. The number of anilines is 1. The quantitative estimate of drug-likeness (QED) is 0.426. The van der Waals surface area contributed by atoms with Crippen LogP contribution in [0.1, 0.15) is 17.0 Å². The molecular weight excluding hydrogens is 475 g/mol. The fraction of sp³-hybridized carbons (Fsp3) is 0.190. The molecule has 2 aromatic heterocycles. The second-order valence-corrected chi connectivity index (χ2v) is 12.3. The van der Waals surface area contributed by atoms with Crippen LogP contribution in [-0.2, 0) is 19.9 Å². The highest BCUT2D eigenvalue weighted by Crippen LogP contribution is 2.37. The van der Waals surface area contributed by atoms with E-state index in [2.05, 4.69) is 9.71 Å². The zero-order chi connectivity index (χ0) is 23.4. The SMILES string of the molecule is Cc1nc(-c2ccc(NS(=O)(=O)c3sc4ccc(F)cc4c3C)c(S(C)(=O)=O)c2)oc1C. The van der Waals surface area contributed by atoms with Gasteiger partial charge in [0, 0.05) is 16.5 Å². The van der Waals surface area contributed by atoms with Crippen molar-refractivity contribution in [2.75, 3.05) is 11.0 Å². The lowest BCUT2D eigenvalue weighted by molar-refractivity contribution is 0.540. The van der Waals surface area contributed by atoms with Crippen LogP contribution in [0.2, 0.25) is 0 Å². The van der Waals surface area contributed by atoms with E-state index in [0.29, 0.717) is 32.7 Å². The molecule has 0 unspecified atom stereocenters. The molecule has 2 heterocycles. The maximum absolute atomic E-state index is 13.6. The lowest BCUT2D eigenvalue weighted by atomic mass is 10.2. The summed E-state index contributed by atoms with van der Waals surface area (Å²) in [5.74, 6) is 0.367. The number of halogens is 1. The number of benzene rings is 2. The van der Waals surface area contributed by atoms with Crippen molar-refractivity contribution >= 4 is 47.0 Å². The van der Waals surface area contributed by atoms with E-state index in [4.69, 9.17) is 4.42 Å². The summed E-state index contributed by atoms with van der Waals surface area (Å²) in [6.07, 6.45) is 0.990. The van der Waals surface area contributed by atoms with Gasteiger partial charge in [-0.05, 0) is 68.1 Å². The van der Waals surface area contributed by atoms with Crippen LogP contribution in [0.25, 0.3) is 21.5 Å². The van der Waals surface area contributed by atoms with Gasteiger partial charge in [0.25, 0.3) is 10.0 Å². The predicted molar refractivity (Wildman–Crippen MR) is 122 cm³/mol. The van der Waals surface area contributed by atoms with Crippen molar-refractivity contribution in [1.29, 1.82) is 0 Å². The first kappa shape index (κ1) is 22.4. The van der Waals surface area contributed by atoms with Gasteiger partial charge >= 0.3 is 0 Å². The van der Waals surface area contributed by atoms with Gasteiger partial charge in [-0.1, -0.05) is 0 Å². The van der Waals surface area contributed by atoms with Gasteiger partial charge in [-0.3, -0.25) is 4.72 Å². The largest absolute Gasteiger partial charge is 0.441 e. The van der Waals surface area contributed by atoms with Crippen LogP contribution < -0.4 is 4.72 Å². The van der Waals surface area contributed by atoms with Crippen molar-refractivity contribution in [2.24, 2.45) is 0 Å². The average Bonchev–Trinajstić information content (AvgIpc) is 3.21. The summed E-state index contributed by atoms with van der Waals surface area (Å²) in [5, 5.41) is 0.490. The number of thiophene rings is 1. The Labute approximate surface area is 188 Å². The number of nitrogens with zero attached hydrogens (tertiary/aromatic N) is 1. The fourth-order valence-corrected chi connectivity index (χ4v) is 7.01. The third kappa shape index (κ3) is 4.03. The second kappa shape index (κ2) is 7.68. The van der Waals surface area contributed by atoms with E-state index in [-0.39, 0.29) is 20.7 Å². The maximum Gasteiger partial charge on any atom is 0.271 e. The van der Waals surface area contributed by atoms with E-state index < -0.39 is 25.7 Å². The highest BCUT2D eigenvalue weighted by Gasteiger charge is 2.25. The van der Waals surface area contributed by atoms with E-state index in [9.17, 15) is 21.2 Å². The summed E-state index contributed by atoms with van der Waals surface area (Å²) in [6.45, 7) is 5.09. The predicted octanol–water partition coefficient (Wildman–Crippen LogP) is 4.82. The molecule has 0 aliphatic heterocycles.